The third kappa shape index (κ3) is 3.02. The van der Waals surface area contributed by atoms with E-state index in [4.69, 9.17) is 6.42 Å². The van der Waals surface area contributed by atoms with E-state index in [0.29, 0.717) is 12.1 Å². The summed E-state index contributed by atoms with van der Waals surface area (Å²) in [5.74, 6) is -2.33. The van der Waals surface area contributed by atoms with Crippen LogP contribution in [0.1, 0.15) is 11.6 Å². The van der Waals surface area contributed by atoms with E-state index >= 15 is 0 Å². The summed E-state index contributed by atoms with van der Waals surface area (Å²) in [4.78, 5) is 11.4. The van der Waals surface area contributed by atoms with Gasteiger partial charge in [0.05, 0.1) is 13.7 Å². The zero-order chi connectivity index (χ0) is 13.7. The van der Waals surface area contributed by atoms with Gasteiger partial charge in [-0.2, -0.15) is 0 Å². The molecule has 0 aromatic heterocycles. The highest BCUT2D eigenvalue weighted by Crippen LogP contribution is 2.21. The lowest BCUT2D eigenvalue weighted by Crippen LogP contribution is -2.31. The van der Waals surface area contributed by atoms with Crippen molar-refractivity contribution in [2.75, 3.05) is 13.7 Å². The van der Waals surface area contributed by atoms with Gasteiger partial charge < -0.3 is 4.74 Å². The van der Waals surface area contributed by atoms with Crippen LogP contribution < -0.4 is 5.32 Å². The van der Waals surface area contributed by atoms with Gasteiger partial charge in [-0.15, -0.1) is 6.42 Å². The summed E-state index contributed by atoms with van der Waals surface area (Å²) in [5, 5.41) is 2.48. The largest absolute Gasteiger partial charge is 0.468 e. The highest BCUT2D eigenvalue weighted by Gasteiger charge is 2.25. The van der Waals surface area contributed by atoms with Crippen molar-refractivity contribution in [1.82, 2.24) is 5.32 Å². The molecule has 3 nitrogen and oxygen atoms in total. The maximum absolute atomic E-state index is 13.5. The van der Waals surface area contributed by atoms with Crippen molar-refractivity contribution in [2.45, 2.75) is 6.04 Å². The van der Waals surface area contributed by atoms with E-state index < -0.39 is 29.5 Å². The zero-order valence-electron chi connectivity index (χ0n) is 9.47. The maximum atomic E-state index is 13.5. The van der Waals surface area contributed by atoms with Crippen LogP contribution in [0.3, 0.4) is 0 Å². The minimum atomic E-state index is -1.34. The van der Waals surface area contributed by atoms with Gasteiger partial charge in [-0.25, -0.2) is 18.0 Å². The summed E-state index contributed by atoms with van der Waals surface area (Å²) < 4.78 is 43.8. The molecule has 18 heavy (non-hydrogen) atoms. The Morgan fingerprint density at radius 1 is 1.39 bits per heavy atom. The first-order valence-electron chi connectivity index (χ1n) is 4.90. The Morgan fingerprint density at radius 3 is 2.56 bits per heavy atom. The Balaban J connectivity index is 3.16. The summed E-state index contributed by atoms with van der Waals surface area (Å²) >= 11 is 0. The van der Waals surface area contributed by atoms with Crippen molar-refractivity contribution in [3.63, 3.8) is 0 Å². The Kier molecular flexibility index (Phi) is 4.75. The number of terminal acetylenes is 1. The van der Waals surface area contributed by atoms with Crippen LogP contribution in [0.4, 0.5) is 13.2 Å². The Morgan fingerprint density at radius 2 is 2.00 bits per heavy atom. The van der Waals surface area contributed by atoms with Crippen molar-refractivity contribution in [3.05, 3.63) is 35.1 Å². The van der Waals surface area contributed by atoms with Crippen LogP contribution in [0.5, 0.6) is 0 Å². The summed E-state index contributed by atoms with van der Waals surface area (Å²) in [7, 11) is 1.09. The molecule has 0 heterocycles. The molecule has 1 unspecified atom stereocenters. The second-order valence-corrected chi connectivity index (χ2v) is 3.33. The SMILES string of the molecule is C#CCNC(C(=O)OC)c1cc(F)c(F)cc1F. The fourth-order valence-corrected chi connectivity index (χ4v) is 1.36. The smallest absolute Gasteiger partial charge is 0.327 e. The van der Waals surface area contributed by atoms with E-state index in [1.165, 1.54) is 0 Å². The van der Waals surface area contributed by atoms with Crippen molar-refractivity contribution in [3.8, 4) is 12.3 Å². The van der Waals surface area contributed by atoms with Crippen LogP contribution in [0.15, 0.2) is 12.1 Å². The molecule has 1 aromatic carbocycles. The standard InChI is InChI=1S/C12H10F3NO2/c1-3-4-16-11(12(17)18-2)7-5-9(14)10(15)6-8(7)13/h1,5-6,11,16H,4H2,2H3. The van der Waals surface area contributed by atoms with E-state index in [0.717, 1.165) is 7.11 Å². The molecule has 0 aliphatic carbocycles. The molecule has 6 heteroatoms. The number of ether oxygens (including phenoxy) is 1. The number of methoxy groups -OCH3 is 1. The van der Waals surface area contributed by atoms with Crippen molar-refractivity contribution < 1.29 is 22.7 Å². The first-order chi connectivity index (χ1) is 8.51. The monoisotopic (exact) mass is 257 g/mol. The molecule has 0 fully saturated rings. The Hall–Kier alpha value is -2.00. The number of carbonyl (C=O) groups excluding carboxylic acids is 1. The molecular formula is C12H10F3NO2. The van der Waals surface area contributed by atoms with Crippen LogP contribution in [0, 0.1) is 29.8 Å². The maximum Gasteiger partial charge on any atom is 0.327 e. The minimum Gasteiger partial charge on any atom is -0.468 e. The van der Waals surface area contributed by atoms with E-state index in [2.05, 4.69) is 16.0 Å². The lowest BCUT2D eigenvalue weighted by Gasteiger charge is -2.16. The average Bonchev–Trinajstić information content (AvgIpc) is 2.35. The number of halogens is 3. The summed E-state index contributed by atoms with van der Waals surface area (Å²) in [6.45, 7) is -0.0573. The number of hydrogen-bond donors (Lipinski definition) is 1. The third-order valence-electron chi connectivity index (χ3n) is 2.20. The van der Waals surface area contributed by atoms with E-state index in [-0.39, 0.29) is 12.1 Å². The highest BCUT2D eigenvalue weighted by atomic mass is 19.2. The van der Waals surface area contributed by atoms with Crippen LogP contribution in [-0.2, 0) is 9.53 Å². The Bertz CT molecular complexity index is 497. The number of esters is 1. The molecule has 0 saturated carbocycles. The molecule has 1 N–H and O–H groups in total. The molecule has 0 bridgehead atoms. The molecular weight excluding hydrogens is 247 g/mol. The average molecular weight is 257 g/mol. The molecule has 0 aliphatic heterocycles. The van der Waals surface area contributed by atoms with Gasteiger partial charge in [-0.1, -0.05) is 5.92 Å². The number of benzene rings is 1. The predicted molar refractivity (Wildman–Crippen MR) is 57.9 cm³/mol. The lowest BCUT2D eigenvalue weighted by molar-refractivity contribution is -0.143. The van der Waals surface area contributed by atoms with E-state index in [9.17, 15) is 18.0 Å². The van der Waals surface area contributed by atoms with Crippen molar-refractivity contribution in [1.29, 1.82) is 0 Å². The van der Waals surface area contributed by atoms with E-state index in [1.807, 2.05) is 0 Å². The van der Waals surface area contributed by atoms with Crippen molar-refractivity contribution in [2.24, 2.45) is 0 Å². The van der Waals surface area contributed by atoms with Gasteiger partial charge in [-0.3, -0.25) is 5.32 Å². The van der Waals surface area contributed by atoms with Gasteiger partial charge in [0.25, 0.3) is 0 Å². The molecule has 1 atom stereocenters. The number of nitrogens with one attached hydrogen (secondary N) is 1. The fourth-order valence-electron chi connectivity index (χ4n) is 1.36. The molecule has 96 valence electrons. The van der Waals surface area contributed by atoms with E-state index in [1.54, 1.807) is 0 Å². The predicted octanol–water partition coefficient (Wildman–Crippen LogP) is 1.54. The molecule has 0 radical (unpaired) electrons. The molecule has 0 spiro atoms. The van der Waals surface area contributed by atoms with Gasteiger partial charge in [0.15, 0.2) is 11.6 Å². The fraction of sp³-hybridized carbons (Fsp3) is 0.250. The quantitative estimate of drug-likeness (QED) is 0.505. The summed E-state index contributed by atoms with van der Waals surface area (Å²) in [6, 6.07) is -0.338. The Labute approximate surface area is 102 Å². The van der Waals surface area contributed by atoms with Crippen LogP contribution in [0.25, 0.3) is 0 Å². The van der Waals surface area contributed by atoms with Gasteiger partial charge in [-0.05, 0) is 6.07 Å². The summed E-state index contributed by atoms with van der Waals surface area (Å²) in [5.41, 5.74) is -0.365. The van der Waals surface area contributed by atoms with Gasteiger partial charge in [0, 0.05) is 11.6 Å². The number of hydrogen-bond acceptors (Lipinski definition) is 3. The van der Waals surface area contributed by atoms with Crippen LogP contribution in [-0.4, -0.2) is 19.6 Å². The second-order valence-electron chi connectivity index (χ2n) is 3.33. The normalized spacial score (nSPS) is 11.7. The first kappa shape index (κ1) is 14.1. The first-order valence-corrected chi connectivity index (χ1v) is 4.90. The molecule has 0 saturated heterocycles. The zero-order valence-corrected chi connectivity index (χ0v) is 9.47. The second kappa shape index (κ2) is 6.07. The van der Waals surface area contributed by atoms with Crippen molar-refractivity contribution >= 4 is 5.97 Å². The molecule has 0 aliphatic rings. The minimum absolute atomic E-state index is 0.0573. The highest BCUT2D eigenvalue weighted by molar-refractivity contribution is 5.77. The van der Waals surface area contributed by atoms with Crippen LogP contribution in [0.2, 0.25) is 0 Å². The third-order valence-corrected chi connectivity index (χ3v) is 2.20. The summed E-state index contributed by atoms with van der Waals surface area (Å²) in [6.07, 6.45) is 5.00. The van der Waals surface area contributed by atoms with Gasteiger partial charge >= 0.3 is 5.97 Å². The van der Waals surface area contributed by atoms with Gasteiger partial charge in [0.2, 0.25) is 0 Å². The lowest BCUT2D eigenvalue weighted by atomic mass is 10.1. The number of rotatable bonds is 4. The van der Waals surface area contributed by atoms with Crippen LogP contribution >= 0.6 is 0 Å². The molecule has 1 rings (SSSR count). The molecule has 1 aromatic rings. The topological polar surface area (TPSA) is 38.3 Å². The van der Waals surface area contributed by atoms with Gasteiger partial charge in [0.1, 0.15) is 11.9 Å². The molecule has 0 amide bonds. The number of carbonyl (C=O) groups is 1.